The Balaban J connectivity index is 1.11. The molecule has 2 nitrogen and oxygen atoms in total. The zero-order valence-electron chi connectivity index (χ0n) is 25.1. The van der Waals surface area contributed by atoms with Gasteiger partial charge in [-0.2, -0.15) is 0 Å². The lowest BCUT2D eigenvalue weighted by Crippen LogP contribution is -1.94. The number of fused-ring (bicyclic) bond motifs is 11. The van der Waals surface area contributed by atoms with E-state index in [2.05, 4.69) is 179 Å². The Labute approximate surface area is 266 Å². The molecule has 0 aliphatic carbocycles. The Morgan fingerprint density at radius 1 is 0.304 bits per heavy atom. The van der Waals surface area contributed by atoms with Gasteiger partial charge in [-0.1, -0.05) is 115 Å². The molecule has 0 radical (unpaired) electrons. The number of para-hydroxylation sites is 2. The van der Waals surface area contributed by atoms with Gasteiger partial charge in [-0.3, -0.25) is 0 Å². The second kappa shape index (κ2) is 9.69. The lowest BCUT2D eigenvalue weighted by atomic mass is 9.92. The van der Waals surface area contributed by atoms with Crippen LogP contribution in [0.25, 0.3) is 87.5 Å². The molecular weight excluding hydrogens is 556 g/mol. The molecule has 0 spiro atoms. The van der Waals surface area contributed by atoms with Gasteiger partial charge in [0, 0.05) is 33.7 Å². The highest BCUT2D eigenvalue weighted by atomic mass is 15.0. The molecule has 0 fully saturated rings. The summed E-state index contributed by atoms with van der Waals surface area (Å²) in [7, 11) is 0. The van der Waals surface area contributed by atoms with Crippen LogP contribution in [0.2, 0.25) is 0 Å². The summed E-state index contributed by atoms with van der Waals surface area (Å²) in [4.78, 5) is 0. The first-order valence-electron chi connectivity index (χ1n) is 15.9. The smallest absolute Gasteiger partial charge is 0.0635 e. The lowest BCUT2D eigenvalue weighted by molar-refractivity contribution is 1.13. The van der Waals surface area contributed by atoms with Crippen LogP contribution in [0, 0.1) is 0 Å². The highest BCUT2D eigenvalue weighted by molar-refractivity contribution is 6.25. The van der Waals surface area contributed by atoms with E-state index < -0.39 is 0 Å². The molecule has 8 aromatic carbocycles. The van der Waals surface area contributed by atoms with Crippen LogP contribution in [0.4, 0.5) is 0 Å². The van der Waals surface area contributed by atoms with Crippen LogP contribution in [0.5, 0.6) is 0 Å². The van der Waals surface area contributed by atoms with Crippen LogP contribution in [-0.4, -0.2) is 9.13 Å². The molecular formula is C44H28N2. The van der Waals surface area contributed by atoms with Crippen molar-refractivity contribution in [1.82, 2.24) is 9.13 Å². The van der Waals surface area contributed by atoms with Gasteiger partial charge in [0.05, 0.1) is 16.6 Å². The molecule has 0 unspecified atom stereocenters. The van der Waals surface area contributed by atoms with Crippen molar-refractivity contribution in [2.45, 2.75) is 0 Å². The summed E-state index contributed by atoms with van der Waals surface area (Å²) in [6, 6.07) is 59.7. The van der Waals surface area contributed by atoms with E-state index in [4.69, 9.17) is 0 Å². The van der Waals surface area contributed by atoms with Gasteiger partial charge >= 0.3 is 0 Å². The van der Waals surface area contributed by atoms with Crippen LogP contribution < -0.4 is 0 Å². The van der Waals surface area contributed by atoms with E-state index in [1.165, 1.54) is 81.8 Å². The Kier molecular flexibility index (Phi) is 5.31. The first kappa shape index (κ1) is 25.2. The van der Waals surface area contributed by atoms with E-state index >= 15 is 0 Å². The molecule has 0 bridgehead atoms. The van der Waals surface area contributed by atoms with Gasteiger partial charge in [-0.05, 0) is 92.0 Å². The fourth-order valence-corrected chi connectivity index (χ4v) is 7.65. The number of rotatable bonds is 3. The van der Waals surface area contributed by atoms with E-state index in [1.807, 2.05) is 0 Å². The van der Waals surface area contributed by atoms with Crippen molar-refractivity contribution >= 4 is 65.0 Å². The predicted octanol–water partition coefficient (Wildman–Crippen LogP) is 11.9. The first-order valence-corrected chi connectivity index (χ1v) is 15.9. The summed E-state index contributed by atoms with van der Waals surface area (Å²) in [5, 5.41) is 11.6. The van der Waals surface area contributed by atoms with Crippen LogP contribution in [0.1, 0.15) is 0 Å². The summed E-state index contributed by atoms with van der Waals surface area (Å²) in [6.45, 7) is 0. The zero-order valence-corrected chi connectivity index (χ0v) is 25.1. The summed E-state index contributed by atoms with van der Waals surface area (Å²) in [5.41, 5.74) is 8.44. The van der Waals surface area contributed by atoms with Gasteiger partial charge in [0.15, 0.2) is 0 Å². The highest BCUT2D eigenvalue weighted by Gasteiger charge is 2.17. The second-order valence-electron chi connectivity index (χ2n) is 12.2. The van der Waals surface area contributed by atoms with Crippen LogP contribution in [0.15, 0.2) is 170 Å². The van der Waals surface area contributed by atoms with Crippen LogP contribution in [-0.2, 0) is 0 Å². The molecule has 0 aliphatic heterocycles. The van der Waals surface area contributed by atoms with Gasteiger partial charge < -0.3 is 9.13 Å². The molecule has 2 aromatic heterocycles. The normalized spacial score (nSPS) is 11.9. The minimum absolute atomic E-state index is 1.15. The number of benzene rings is 8. The number of hydrogen-bond acceptors (Lipinski definition) is 0. The molecule has 10 aromatic rings. The molecule has 0 atom stereocenters. The maximum atomic E-state index is 2.41. The van der Waals surface area contributed by atoms with Crippen molar-refractivity contribution in [2.75, 3.05) is 0 Å². The monoisotopic (exact) mass is 584 g/mol. The van der Waals surface area contributed by atoms with Gasteiger partial charge in [0.1, 0.15) is 0 Å². The maximum Gasteiger partial charge on any atom is 0.0635 e. The minimum Gasteiger partial charge on any atom is -0.316 e. The van der Waals surface area contributed by atoms with E-state index in [0.717, 1.165) is 5.69 Å². The SMILES string of the molecule is c1ccc(-n2c3ccccc3c3ccc4c(ccn4-c4ccc(-c5ccc6c7ccccc7c7ccccc7c6c5)cc4)c32)cc1. The van der Waals surface area contributed by atoms with Crippen molar-refractivity contribution in [3.8, 4) is 22.5 Å². The average molecular weight is 585 g/mol. The molecule has 10 rings (SSSR count). The topological polar surface area (TPSA) is 9.86 Å². The van der Waals surface area contributed by atoms with E-state index in [-0.39, 0.29) is 0 Å². The quantitative estimate of drug-likeness (QED) is 0.183. The Morgan fingerprint density at radius 3 is 1.59 bits per heavy atom. The van der Waals surface area contributed by atoms with Crippen molar-refractivity contribution in [3.63, 3.8) is 0 Å². The maximum absolute atomic E-state index is 2.41. The Bertz CT molecular complexity index is 2740. The largest absolute Gasteiger partial charge is 0.316 e. The zero-order chi connectivity index (χ0) is 30.2. The minimum atomic E-state index is 1.15. The van der Waals surface area contributed by atoms with Crippen molar-refractivity contribution in [2.24, 2.45) is 0 Å². The third-order valence-corrected chi connectivity index (χ3v) is 9.74. The predicted molar refractivity (Wildman–Crippen MR) is 196 cm³/mol. The Hall–Kier alpha value is -6.12. The number of aromatic nitrogens is 2. The number of nitrogens with zero attached hydrogens (tertiary/aromatic N) is 2. The van der Waals surface area contributed by atoms with E-state index in [9.17, 15) is 0 Å². The fourth-order valence-electron chi connectivity index (χ4n) is 7.65. The molecule has 2 heteroatoms. The average Bonchev–Trinajstić information content (AvgIpc) is 3.72. The van der Waals surface area contributed by atoms with Gasteiger partial charge in [0.25, 0.3) is 0 Å². The summed E-state index contributed by atoms with van der Waals surface area (Å²) in [5.74, 6) is 0. The third-order valence-electron chi connectivity index (χ3n) is 9.74. The molecule has 214 valence electrons. The third kappa shape index (κ3) is 3.59. The van der Waals surface area contributed by atoms with Gasteiger partial charge in [0.2, 0.25) is 0 Å². The summed E-state index contributed by atoms with van der Waals surface area (Å²) in [6.07, 6.45) is 2.21. The molecule has 46 heavy (non-hydrogen) atoms. The fraction of sp³-hybridized carbons (Fsp3) is 0. The van der Waals surface area contributed by atoms with Crippen LogP contribution in [0.3, 0.4) is 0 Å². The summed E-state index contributed by atoms with van der Waals surface area (Å²) < 4.78 is 4.72. The van der Waals surface area contributed by atoms with Gasteiger partial charge in [-0.15, -0.1) is 0 Å². The molecule has 0 aliphatic rings. The highest BCUT2D eigenvalue weighted by Crippen LogP contribution is 2.39. The molecule has 2 heterocycles. The van der Waals surface area contributed by atoms with Crippen molar-refractivity contribution in [1.29, 1.82) is 0 Å². The first-order chi connectivity index (χ1) is 22.8. The van der Waals surface area contributed by atoms with Crippen molar-refractivity contribution < 1.29 is 0 Å². The van der Waals surface area contributed by atoms with E-state index in [0.29, 0.717) is 0 Å². The molecule has 0 N–H and O–H groups in total. The van der Waals surface area contributed by atoms with E-state index in [1.54, 1.807) is 0 Å². The Morgan fingerprint density at radius 2 is 0.870 bits per heavy atom. The van der Waals surface area contributed by atoms with Crippen molar-refractivity contribution in [3.05, 3.63) is 170 Å². The van der Waals surface area contributed by atoms with Crippen LogP contribution >= 0.6 is 0 Å². The standard InChI is InChI=1S/C44H28N2/c1-2-10-32(11-3-1)46-43-17-9-8-16-38(43)39-24-25-42-40(44(39)46)26-27-45(42)31-21-18-29(19-22-31)30-20-23-37-35-14-5-4-12-33(35)34-13-6-7-15-36(34)41(37)28-30/h1-28H. The van der Waals surface area contributed by atoms with Gasteiger partial charge in [-0.25, -0.2) is 0 Å². The molecule has 0 amide bonds. The second-order valence-corrected chi connectivity index (χ2v) is 12.2. The number of hydrogen-bond donors (Lipinski definition) is 0. The summed E-state index contributed by atoms with van der Waals surface area (Å²) >= 11 is 0. The molecule has 0 saturated carbocycles. The molecule has 0 saturated heterocycles. The lowest BCUT2D eigenvalue weighted by Gasteiger charge is -2.12.